The molecular weight excluding hydrogens is 332 g/mol. The minimum absolute atomic E-state index is 0.213. The van der Waals surface area contributed by atoms with Crippen molar-refractivity contribution in [3.8, 4) is 11.1 Å². The van der Waals surface area contributed by atoms with Gasteiger partial charge in [0.25, 0.3) is 0 Å². The Morgan fingerprint density at radius 2 is 1.58 bits per heavy atom. The summed E-state index contributed by atoms with van der Waals surface area (Å²) in [6.45, 7) is 3.89. The summed E-state index contributed by atoms with van der Waals surface area (Å²) in [5, 5.41) is 18.2. The van der Waals surface area contributed by atoms with Gasteiger partial charge in [-0.25, -0.2) is 0 Å². The lowest BCUT2D eigenvalue weighted by atomic mass is 9.89. The van der Waals surface area contributed by atoms with Crippen LogP contribution in [-0.2, 0) is 22.4 Å². The molecular formula is C20H24N2O4. The van der Waals surface area contributed by atoms with Crippen molar-refractivity contribution in [2.45, 2.75) is 38.8 Å². The first-order chi connectivity index (χ1) is 12.2. The van der Waals surface area contributed by atoms with E-state index in [1.807, 2.05) is 50.2 Å². The normalized spacial score (nSPS) is 13.2. The highest BCUT2D eigenvalue weighted by molar-refractivity contribution is 5.77. The Balaban J connectivity index is 2.49. The van der Waals surface area contributed by atoms with Crippen LogP contribution in [0.1, 0.15) is 22.3 Å². The first kappa shape index (κ1) is 19.6. The molecule has 6 nitrogen and oxygen atoms in total. The summed E-state index contributed by atoms with van der Waals surface area (Å²) >= 11 is 0. The molecule has 138 valence electrons. The van der Waals surface area contributed by atoms with Crippen LogP contribution in [0.4, 0.5) is 0 Å². The van der Waals surface area contributed by atoms with E-state index in [-0.39, 0.29) is 12.8 Å². The lowest BCUT2D eigenvalue weighted by molar-refractivity contribution is -0.139. The zero-order valence-electron chi connectivity index (χ0n) is 14.9. The molecule has 0 aromatic heterocycles. The van der Waals surface area contributed by atoms with Gasteiger partial charge in [-0.3, -0.25) is 9.59 Å². The molecule has 0 bridgehead atoms. The van der Waals surface area contributed by atoms with Crippen LogP contribution in [0.5, 0.6) is 0 Å². The van der Waals surface area contributed by atoms with E-state index in [4.69, 9.17) is 21.7 Å². The average molecular weight is 356 g/mol. The number of carboxylic acids is 2. The summed E-state index contributed by atoms with van der Waals surface area (Å²) in [5.74, 6) is -2.09. The van der Waals surface area contributed by atoms with Gasteiger partial charge in [0, 0.05) is 0 Å². The van der Waals surface area contributed by atoms with Gasteiger partial charge >= 0.3 is 11.9 Å². The summed E-state index contributed by atoms with van der Waals surface area (Å²) in [6, 6.07) is 9.56. The van der Waals surface area contributed by atoms with Gasteiger partial charge in [-0.2, -0.15) is 0 Å². The quantitative estimate of drug-likeness (QED) is 0.600. The molecule has 0 aliphatic rings. The van der Waals surface area contributed by atoms with E-state index < -0.39 is 24.0 Å². The fourth-order valence-electron chi connectivity index (χ4n) is 3.10. The van der Waals surface area contributed by atoms with E-state index in [2.05, 4.69) is 0 Å². The molecule has 2 atom stereocenters. The van der Waals surface area contributed by atoms with Crippen LogP contribution in [-0.4, -0.2) is 34.2 Å². The Kier molecular flexibility index (Phi) is 6.13. The first-order valence-corrected chi connectivity index (χ1v) is 8.35. The molecule has 26 heavy (non-hydrogen) atoms. The second-order valence-corrected chi connectivity index (χ2v) is 6.61. The van der Waals surface area contributed by atoms with Gasteiger partial charge < -0.3 is 21.7 Å². The van der Waals surface area contributed by atoms with Crippen LogP contribution < -0.4 is 11.5 Å². The lowest BCUT2D eigenvalue weighted by Gasteiger charge is -2.17. The zero-order valence-corrected chi connectivity index (χ0v) is 14.9. The molecule has 0 aliphatic heterocycles. The first-order valence-electron chi connectivity index (χ1n) is 8.35. The average Bonchev–Trinajstić information content (AvgIpc) is 2.54. The molecule has 0 heterocycles. The van der Waals surface area contributed by atoms with E-state index in [1.165, 1.54) is 0 Å². The van der Waals surface area contributed by atoms with Crippen molar-refractivity contribution < 1.29 is 19.8 Å². The SMILES string of the molecule is Cc1cc(CC(N)C(=O)O)cc(-c2c(C)cccc2C[C@H](N)C(=O)O)c1. The molecule has 0 saturated heterocycles. The Hall–Kier alpha value is -2.70. The molecule has 1 unspecified atom stereocenters. The molecule has 0 spiro atoms. The number of hydrogen-bond donors (Lipinski definition) is 4. The second-order valence-electron chi connectivity index (χ2n) is 6.61. The highest BCUT2D eigenvalue weighted by atomic mass is 16.4. The second kappa shape index (κ2) is 8.12. The third kappa shape index (κ3) is 4.68. The van der Waals surface area contributed by atoms with Crippen LogP contribution in [0, 0.1) is 13.8 Å². The van der Waals surface area contributed by atoms with Crippen LogP contribution in [0.3, 0.4) is 0 Å². The van der Waals surface area contributed by atoms with Crippen molar-refractivity contribution in [3.63, 3.8) is 0 Å². The molecule has 2 rings (SSSR count). The number of benzene rings is 2. The van der Waals surface area contributed by atoms with Gasteiger partial charge in [-0.15, -0.1) is 0 Å². The van der Waals surface area contributed by atoms with Crippen molar-refractivity contribution in [3.05, 3.63) is 58.7 Å². The molecule has 2 aromatic rings. The maximum Gasteiger partial charge on any atom is 0.320 e. The number of aliphatic carboxylic acids is 2. The van der Waals surface area contributed by atoms with E-state index in [0.29, 0.717) is 0 Å². The fraction of sp³-hybridized carbons (Fsp3) is 0.300. The highest BCUT2D eigenvalue weighted by Gasteiger charge is 2.18. The summed E-state index contributed by atoms with van der Waals surface area (Å²) < 4.78 is 0. The van der Waals surface area contributed by atoms with Gasteiger partial charge in [-0.1, -0.05) is 42.0 Å². The fourth-order valence-corrected chi connectivity index (χ4v) is 3.10. The Morgan fingerprint density at radius 1 is 0.962 bits per heavy atom. The molecule has 2 aromatic carbocycles. The summed E-state index contributed by atoms with van der Waals surface area (Å²) in [7, 11) is 0. The van der Waals surface area contributed by atoms with Crippen LogP contribution in [0.15, 0.2) is 36.4 Å². The van der Waals surface area contributed by atoms with Crippen LogP contribution in [0.2, 0.25) is 0 Å². The van der Waals surface area contributed by atoms with Crippen molar-refractivity contribution in [2.75, 3.05) is 0 Å². The Morgan fingerprint density at radius 3 is 2.19 bits per heavy atom. The summed E-state index contributed by atoms with van der Waals surface area (Å²) in [6.07, 6.45) is 0.435. The van der Waals surface area contributed by atoms with Crippen molar-refractivity contribution in [1.82, 2.24) is 0 Å². The topological polar surface area (TPSA) is 127 Å². The summed E-state index contributed by atoms with van der Waals surface area (Å²) in [5.41, 5.74) is 16.9. The molecule has 0 fully saturated rings. The molecule has 6 heteroatoms. The predicted molar refractivity (Wildman–Crippen MR) is 100.0 cm³/mol. The Labute approximate surface area is 152 Å². The largest absolute Gasteiger partial charge is 0.480 e. The number of hydrogen-bond acceptors (Lipinski definition) is 4. The third-order valence-electron chi connectivity index (χ3n) is 4.31. The van der Waals surface area contributed by atoms with E-state index >= 15 is 0 Å². The number of aryl methyl sites for hydroxylation is 2. The van der Waals surface area contributed by atoms with Gasteiger partial charge in [-0.05, 0) is 54.5 Å². The van der Waals surface area contributed by atoms with Crippen LogP contribution in [0.25, 0.3) is 11.1 Å². The Bertz CT molecular complexity index is 833. The van der Waals surface area contributed by atoms with Gasteiger partial charge in [0.1, 0.15) is 12.1 Å². The number of rotatable bonds is 7. The van der Waals surface area contributed by atoms with Gasteiger partial charge in [0.15, 0.2) is 0 Å². The van der Waals surface area contributed by atoms with E-state index in [1.54, 1.807) is 0 Å². The maximum absolute atomic E-state index is 11.1. The summed E-state index contributed by atoms with van der Waals surface area (Å²) in [4.78, 5) is 22.2. The van der Waals surface area contributed by atoms with Gasteiger partial charge in [0.05, 0.1) is 0 Å². The molecule has 6 N–H and O–H groups in total. The van der Waals surface area contributed by atoms with E-state index in [9.17, 15) is 9.59 Å². The van der Waals surface area contributed by atoms with Crippen molar-refractivity contribution in [1.29, 1.82) is 0 Å². The minimum atomic E-state index is -1.05. The molecule has 0 aliphatic carbocycles. The molecule has 0 amide bonds. The smallest absolute Gasteiger partial charge is 0.320 e. The van der Waals surface area contributed by atoms with Crippen molar-refractivity contribution in [2.24, 2.45) is 11.5 Å². The lowest BCUT2D eigenvalue weighted by Crippen LogP contribution is -2.32. The minimum Gasteiger partial charge on any atom is -0.480 e. The van der Waals surface area contributed by atoms with Crippen LogP contribution >= 0.6 is 0 Å². The highest BCUT2D eigenvalue weighted by Crippen LogP contribution is 2.30. The zero-order chi connectivity index (χ0) is 19.4. The number of nitrogens with two attached hydrogens (primary N) is 2. The maximum atomic E-state index is 11.1. The number of carbonyl (C=O) groups is 2. The van der Waals surface area contributed by atoms with Gasteiger partial charge in [0.2, 0.25) is 0 Å². The number of carboxylic acid groups (broad SMARTS) is 2. The van der Waals surface area contributed by atoms with Crippen molar-refractivity contribution >= 4 is 11.9 Å². The van der Waals surface area contributed by atoms with E-state index in [0.717, 1.165) is 33.4 Å². The standard InChI is InChI=1S/C20H24N2O4/c1-11-6-13(9-16(21)19(23)24)8-15(7-11)18-12(2)4-3-5-14(18)10-17(22)20(25)26/h3-8,16-17H,9-10,21-22H2,1-2H3,(H,23,24)(H,25,26)/t16?,17-/m0/s1. The molecule has 0 radical (unpaired) electrons. The monoisotopic (exact) mass is 356 g/mol. The third-order valence-corrected chi connectivity index (χ3v) is 4.31. The predicted octanol–water partition coefficient (Wildman–Crippen LogP) is 1.88. The molecule has 0 saturated carbocycles.